The number of benzene rings is 1. The van der Waals surface area contributed by atoms with Gasteiger partial charge in [0.1, 0.15) is 6.04 Å². The third-order valence-corrected chi connectivity index (χ3v) is 7.06. The molecule has 10 heteroatoms. The molecule has 1 aromatic heterocycles. The average molecular weight is 397 g/mol. The standard InChI is InChI=1S/C16H19N3O5S2/c1-18-11-7-12-13(24-9-23-12)8-14(11)25-16(18)17-15(20)10-5-3-4-6-19(10)26(2,21)22/h7-8,10H,3-6,9H2,1-2H3. The Morgan fingerprint density at radius 3 is 2.73 bits per heavy atom. The van der Waals surface area contributed by atoms with Crippen molar-refractivity contribution in [1.82, 2.24) is 8.87 Å². The van der Waals surface area contributed by atoms with Crippen molar-refractivity contribution >= 4 is 37.5 Å². The van der Waals surface area contributed by atoms with Gasteiger partial charge in [0, 0.05) is 25.7 Å². The smallest absolute Gasteiger partial charge is 0.266 e. The summed E-state index contributed by atoms with van der Waals surface area (Å²) in [4.78, 5) is 17.5. The lowest BCUT2D eigenvalue weighted by molar-refractivity contribution is -0.122. The number of hydrogen-bond donors (Lipinski definition) is 0. The molecule has 140 valence electrons. The van der Waals surface area contributed by atoms with Crippen LogP contribution in [0.4, 0.5) is 0 Å². The molecule has 0 saturated carbocycles. The summed E-state index contributed by atoms with van der Waals surface area (Å²) in [6.45, 7) is 0.569. The van der Waals surface area contributed by atoms with Gasteiger partial charge in [-0.05, 0) is 12.8 Å². The maximum atomic E-state index is 12.7. The summed E-state index contributed by atoms with van der Waals surface area (Å²) in [5, 5.41) is 0. The molecule has 4 rings (SSSR count). The van der Waals surface area contributed by atoms with E-state index in [0.717, 1.165) is 29.3 Å². The highest BCUT2D eigenvalue weighted by Gasteiger charge is 2.34. The maximum Gasteiger partial charge on any atom is 0.266 e. The van der Waals surface area contributed by atoms with E-state index in [1.807, 2.05) is 23.7 Å². The van der Waals surface area contributed by atoms with Gasteiger partial charge in [0.2, 0.25) is 16.8 Å². The van der Waals surface area contributed by atoms with Gasteiger partial charge in [0.05, 0.1) is 16.5 Å². The zero-order valence-electron chi connectivity index (χ0n) is 14.5. The highest BCUT2D eigenvalue weighted by atomic mass is 32.2. The number of aromatic nitrogens is 1. The van der Waals surface area contributed by atoms with Gasteiger partial charge in [0.25, 0.3) is 5.91 Å². The van der Waals surface area contributed by atoms with E-state index in [1.54, 1.807) is 0 Å². The summed E-state index contributed by atoms with van der Waals surface area (Å²) in [5.74, 6) is 0.921. The number of rotatable bonds is 2. The van der Waals surface area contributed by atoms with Crippen molar-refractivity contribution in [3.63, 3.8) is 0 Å². The number of carbonyl (C=O) groups is 1. The van der Waals surface area contributed by atoms with Gasteiger partial charge in [-0.2, -0.15) is 9.30 Å². The predicted octanol–water partition coefficient (Wildman–Crippen LogP) is 1.21. The Balaban J connectivity index is 1.73. The van der Waals surface area contributed by atoms with Crippen LogP contribution in [0.2, 0.25) is 0 Å². The van der Waals surface area contributed by atoms with Crippen molar-refractivity contribution in [2.75, 3.05) is 19.6 Å². The first-order chi connectivity index (χ1) is 12.3. The molecule has 0 aliphatic carbocycles. The molecule has 0 N–H and O–H groups in total. The Hall–Kier alpha value is -1.91. The zero-order chi connectivity index (χ0) is 18.5. The molecule has 1 saturated heterocycles. The van der Waals surface area contributed by atoms with E-state index in [4.69, 9.17) is 9.47 Å². The van der Waals surface area contributed by atoms with E-state index in [9.17, 15) is 13.2 Å². The van der Waals surface area contributed by atoms with E-state index in [0.29, 0.717) is 29.3 Å². The molecule has 8 nitrogen and oxygen atoms in total. The number of nitrogens with zero attached hydrogens (tertiary/aromatic N) is 3. The molecule has 3 heterocycles. The number of aryl methyl sites for hydroxylation is 1. The second-order valence-electron chi connectivity index (χ2n) is 6.45. The van der Waals surface area contributed by atoms with Gasteiger partial charge in [0.15, 0.2) is 16.3 Å². The summed E-state index contributed by atoms with van der Waals surface area (Å²) < 4.78 is 38.7. The number of sulfonamides is 1. The molecule has 0 radical (unpaired) electrons. The quantitative estimate of drug-likeness (QED) is 0.760. The lowest BCUT2D eigenvalue weighted by Crippen LogP contribution is -2.47. The van der Waals surface area contributed by atoms with Crippen LogP contribution in [0.1, 0.15) is 19.3 Å². The first-order valence-corrected chi connectivity index (χ1v) is 11.0. The Kier molecular flexibility index (Phi) is 4.28. The van der Waals surface area contributed by atoms with Crippen LogP contribution >= 0.6 is 11.3 Å². The first-order valence-electron chi connectivity index (χ1n) is 8.29. The third kappa shape index (κ3) is 3.01. The molecule has 2 aliphatic heterocycles. The van der Waals surface area contributed by atoms with Crippen molar-refractivity contribution in [3.05, 3.63) is 16.9 Å². The van der Waals surface area contributed by atoms with E-state index in [2.05, 4.69) is 4.99 Å². The Morgan fingerprint density at radius 1 is 1.27 bits per heavy atom. The predicted molar refractivity (Wildman–Crippen MR) is 96.7 cm³/mol. The van der Waals surface area contributed by atoms with E-state index in [1.165, 1.54) is 15.6 Å². The van der Waals surface area contributed by atoms with Gasteiger partial charge in [-0.3, -0.25) is 4.79 Å². The summed E-state index contributed by atoms with van der Waals surface area (Å²) in [6.07, 6.45) is 3.22. The first kappa shape index (κ1) is 17.5. The number of ether oxygens (including phenoxy) is 2. The average Bonchev–Trinajstić information content (AvgIpc) is 3.17. The fourth-order valence-corrected chi connectivity index (χ4v) is 5.49. The van der Waals surface area contributed by atoms with Crippen LogP contribution in [0, 0.1) is 0 Å². The summed E-state index contributed by atoms with van der Waals surface area (Å²) in [6, 6.07) is 3.01. The highest BCUT2D eigenvalue weighted by Crippen LogP contribution is 2.36. The monoisotopic (exact) mass is 397 g/mol. The molecule has 1 aromatic carbocycles. The minimum Gasteiger partial charge on any atom is -0.454 e. The van der Waals surface area contributed by atoms with Crippen molar-refractivity contribution in [3.8, 4) is 11.5 Å². The molecule has 0 bridgehead atoms. The Labute approximate surface area is 154 Å². The number of fused-ring (bicyclic) bond motifs is 2. The third-order valence-electron chi connectivity index (χ3n) is 4.67. The second kappa shape index (κ2) is 6.36. The van der Waals surface area contributed by atoms with Crippen LogP contribution in [0.25, 0.3) is 10.2 Å². The fraction of sp³-hybridized carbons (Fsp3) is 0.500. The largest absolute Gasteiger partial charge is 0.454 e. The normalized spacial score (nSPS) is 21.5. The highest BCUT2D eigenvalue weighted by molar-refractivity contribution is 7.88. The van der Waals surface area contributed by atoms with Crippen LogP contribution in [-0.4, -0.2) is 48.8 Å². The van der Waals surface area contributed by atoms with E-state index in [-0.39, 0.29) is 6.79 Å². The van der Waals surface area contributed by atoms with Gasteiger partial charge in [-0.1, -0.05) is 17.8 Å². The minimum atomic E-state index is -3.44. The van der Waals surface area contributed by atoms with Crippen LogP contribution in [0.5, 0.6) is 11.5 Å². The van der Waals surface area contributed by atoms with Crippen molar-refractivity contribution in [2.24, 2.45) is 12.0 Å². The summed E-state index contributed by atoms with van der Waals surface area (Å²) >= 11 is 1.36. The Morgan fingerprint density at radius 2 is 2.00 bits per heavy atom. The number of amides is 1. The molecule has 0 spiro atoms. The number of carbonyl (C=O) groups excluding carboxylic acids is 1. The fourth-order valence-electron chi connectivity index (χ4n) is 3.34. The molecule has 2 aromatic rings. The van der Waals surface area contributed by atoms with Gasteiger partial charge in [-0.15, -0.1) is 0 Å². The molecule has 1 atom stereocenters. The zero-order valence-corrected chi connectivity index (χ0v) is 16.1. The lowest BCUT2D eigenvalue weighted by atomic mass is 10.0. The second-order valence-corrected chi connectivity index (χ2v) is 9.40. The number of hydrogen-bond acceptors (Lipinski definition) is 6. The van der Waals surface area contributed by atoms with E-state index < -0.39 is 22.0 Å². The molecule has 1 fully saturated rings. The molecular formula is C16H19N3O5S2. The molecule has 1 unspecified atom stereocenters. The summed E-state index contributed by atoms with van der Waals surface area (Å²) in [7, 11) is -1.62. The number of piperidine rings is 1. The number of thiazole rings is 1. The Bertz CT molecular complexity index is 1050. The van der Waals surface area contributed by atoms with Crippen LogP contribution in [0.3, 0.4) is 0 Å². The van der Waals surface area contributed by atoms with Crippen molar-refractivity contribution in [2.45, 2.75) is 25.3 Å². The summed E-state index contributed by atoms with van der Waals surface area (Å²) in [5.41, 5.74) is 0.884. The molecular weight excluding hydrogens is 378 g/mol. The van der Waals surface area contributed by atoms with Crippen molar-refractivity contribution in [1.29, 1.82) is 0 Å². The van der Waals surface area contributed by atoms with Crippen LogP contribution < -0.4 is 14.3 Å². The lowest BCUT2D eigenvalue weighted by Gasteiger charge is -2.31. The molecule has 2 aliphatic rings. The maximum absolute atomic E-state index is 12.7. The van der Waals surface area contributed by atoms with Gasteiger partial charge < -0.3 is 14.0 Å². The SMILES string of the molecule is Cn1c(=NC(=O)C2CCCCN2S(C)(=O)=O)sc2cc3c(cc21)OCO3. The van der Waals surface area contributed by atoms with E-state index >= 15 is 0 Å². The van der Waals surface area contributed by atoms with Crippen molar-refractivity contribution < 1.29 is 22.7 Å². The van der Waals surface area contributed by atoms with Gasteiger partial charge >= 0.3 is 0 Å². The molecule has 26 heavy (non-hydrogen) atoms. The minimum absolute atomic E-state index is 0.203. The van der Waals surface area contributed by atoms with Crippen LogP contribution in [0.15, 0.2) is 17.1 Å². The topological polar surface area (TPSA) is 90.2 Å². The molecule has 1 amide bonds. The van der Waals surface area contributed by atoms with Gasteiger partial charge in [-0.25, -0.2) is 8.42 Å². The van der Waals surface area contributed by atoms with Crippen LogP contribution in [-0.2, 0) is 21.9 Å².